The van der Waals surface area contributed by atoms with E-state index in [-0.39, 0.29) is 17.5 Å². The number of aryl methyl sites for hydroxylation is 1. The van der Waals surface area contributed by atoms with E-state index in [0.29, 0.717) is 52.2 Å². The van der Waals surface area contributed by atoms with Gasteiger partial charge in [0.2, 0.25) is 0 Å². The predicted octanol–water partition coefficient (Wildman–Crippen LogP) is 5.18. The second kappa shape index (κ2) is 9.42. The van der Waals surface area contributed by atoms with Crippen molar-refractivity contribution < 1.29 is 13.6 Å². The van der Waals surface area contributed by atoms with Gasteiger partial charge in [-0.3, -0.25) is 4.79 Å². The molecule has 0 aliphatic carbocycles. The van der Waals surface area contributed by atoms with Gasteiger partial charge in [0.15, 0.2) is 0 Å². The van der Waals surface area contributed by atoms with Crippen LogP contribution in [0.1, 0.15) is 16.2 Å². The summed E-state index contributed by atoms with van der Waals surface area (Å²) in [6, 6.07) is 17.0. The minimum atomic E-state index is -0.365. The first-order valence-corrected chi connectivity index (χ1v) is 11.1. The zero-order valence-corrected chi connectivity index (χ0v) is 18.9. The maximum atomic E-state index is 13.6. The average molecular weight is 469 g/mol. The van der Waals surface area contributed by atoms with Crippen molar-refractivity contribution in [1.82, 2.24) is 24.8 Å². The molecule has 35 heavy (non-hydrogen) atoms. The van der Waals surface area contributed by atoms with E-state index >= 15 is 0 Å². The zero-order chi connectivity index (χ0) is 24.4. The van der Waals surface area contributed by atoms with Gasteiger partial charge >= 0.3 is 0 Å². The normalized spacial score (nSPS) is 11.1. The first-order valence-electron chi connectivity index (χ1n) is 11.1. The van der Waals surface area contributed by atoms with Gasteiger partial charge in [-0.2, -0.15) is 0 Å². The van der Waals surface area contributed by atoms with E-state index in [0.717, 1.165) is 5.82 Å². The lowest BCUT2D eigenvalue weighted by molar-refractivity contribution is 0.0952. The van der Waals surface area contributed by atoms with Crippen molar-refractivity contribution in [3.8, 4) is 22.5 Å². The van der Waals surface area contributed by atoms with Crippen LogP contribution in [0.15, 0.2) is 79.1 Å². The van der Waals surface area contributed by atoms with Crippen LogP contribution in [0.2, 0.25) is 0 Å². The van der Waals surface area contributed by atoms with Crippen molar-refractivity contribution in [2.75, 3.05) is 6.54 Å². The maximum absolute atomic E-state index is 13.6. The number of nitrogens with zero attached hydrogens (tertiary/aromatic N) is 4. The molecule has 0 bridgehead atoms. The molecule has 0 atom stereocenters. The van der Waals surface area contributed by atoms with Crippen molar-refractivity contribution in [3.05, 3.63) is 102 Å². The van der Waals surface area contributed by atoms with E-state index in [9.17, 15) is 13.6 Å². The van der Waals surface area contributed by atoms with E-state index in [2.05, 4.69) is 10.3 Å². The van der Waals surface area contributed by atoms with Crippen molar-refractivity contribution in [2.24, 2.45) is 0 Å². The molecule has 0 unspecified atom stereocenters. The van der Waals surface area contributed by atoms with Crippen LogP contribution in [-0.4, -0.2) is 32.0 Å². The summed E-state index contributed by atoms with van der Waals surface area (Å²) in [4.78, 5) is 26.5. The smallest absolute Gasteiger partial charge is 0.251 e. The molecule has 6 nitrogen and oxygen atoms in total. The number of imidazole rings is 1. The van der Waals surface area contributed by atoms with E-state index in [4.69, 9.17) is 9.97 Å². The van der Waals surface area contributed by atoms with Crippen LogP contribution >= 0.6 is 0 Å². The molecule has 174 valence electrons. The Hall–Kier alpha value is -4.46. The number of halogens is 2. The number of nitrogens with one attached hydrogen (secondary N) is 1. The molecular formula is C27H21F2N5O. The molecule has 3 aromatic carbocycles. The number of hydrogen-bond acceptors (Lipinski definition) is 4. The number of carbonyl (C=O) groups excluding carboxylic acids is 1. The standard InChI is InChI=1S/C27H21F2N5O/c1-17-30-12-14-34(17)15-13-31-27(35)20-6-11-23-24(16-20)33-26(19-4-9-22(29)10-5-19)25(32-23)18-2-7-21(28)8-3-18/h2-12,14,16H,13,15H2,1H3,(H,31,35). The zero-order valence-electron chi connectivity index (χ0n) is 18.9. The van der Waals surface area contributed by atoms with Gasteiger partial charge in [-0.05, 0) is 73.7 Å². The Morgan fingerprint density at radius 3 is 2.03 bits per heavy atom. The third-order valence-corrected chi connectivity index (χ3v) is 5.72. The topological polar surface area (TPSA) is 72.7 Å². The lowest BCUT2D eigenvalue weighted by atomic mass is 10.0. The summed E-state index contributed by atoms with van der Waals surface area (Å²) >= 11 is 0. The fraction of sp³-hybridized carbons (Fsp3) is 0.111. The summed E-state index contributed by atoms with van der Waals surface area (Å²) in [7, 11) is 0. The molecule has 1 amide bonds. The van der Waals surface area contributed by atoms with E-state index in [1.54, 1.807) is 48.7 Å². The molecule has 0 aliphatic rings. The molecule has 0 fully saturated rings. The van der Waals surface area contributed by atoms with Gasteiger partial charge in [-0.1, -0.05) is 0 Å². The Labute approximate surface area is 200 Å². The second-order valence-corrected chi connectivity index (χ2v) is 8.06. The van der Waals surface area contributed by atoms with Crippen molar-refractivity contribution >= 4 is 16.9 Å². The van der Waals surface area contributed by atoms with Crippen molar-refractivity contribution in [1.29, 1.82) is 0 Å². The molecule has 0 saturated carbocycles. The Balaban J connectivity index is 1.49. The van der Waals surface area contributed by atoms with Crippen molar-refractivity contribution in [2.45, 2.75) is 13.5 Å². The average Bonchev–Trinajstić information content (AvgIpc) is 3.28. The first kappa shape index (κ1) is 22.3. The highest BCUT2D eigenvalue weighted by Gasteiger charge is 2.15. The molecule has 1 N–H and O–H groups in total. The maximum Gasteiger partial charge on any atom is 0.251 e. The Morgan fingerprint density at radius 2 is 1.46 bits per heavy atom. The molecule has 5 rings (SSSR count). The van der Waals surface area contributed by atoms with Crippen LogP contribution in [0.4, 0.5) is 8.78 Å². The Bertz CT molecular complexity index is 1510. The third-order valence-electron chi connectivity index (χ3n) is 5.72. The van der Waals surface area contributed by atoms with Gasteiger partial charge < -0.3 is 9.88 Å². The summed E-state index contributed by atoms with van der Waals surface area (Å²) in [6.07, 6.45) is 3.58. The first-order chi connectivity index (χ1) is 17.0. The number of amides is 1. The number of carbonyl (C=O) groups is 1. The Morgan fingerprint density at radius 1 is 0.857 bits per heavy atom. The third kappa shape index (κ3) is 4.77. The van der Waals surface area contributed by atoms with E-state index in [1.165, 1.54) is 24.3 Å². The van der Waals surface area contributed by atoms with Gasteiger partial charge in [0.25, 0.3) is 5.91 Å². The fourth-order valence-electron chi connectivity index (χ4n) is 3.85. The highest BCUT2D eigenvalue weighted by atomic mass is 19.1. The van der Waals surface area contributed by atoms with Gasteiger partial charge in [-0.25, -0.2) is 23.7 Å². The largest absolute Gasteiger partial charge is 0.350 e. The van der Waals surface area contributed by atoms with Crippen molar-refractivity contribution in [3.63, 3.8) is 0 Å². The number of benzene rings is 3. The molecule has 8 heteroatoms. The molecule has 0 saturated heterocycles. The summed E-state index contributed by atoms with van der Waals surface area (Å²) < 4.78 is 29.0. The lowest BCUT2D eigenvalue weighted by Gasteiger charge is -2.12. The van der Waals surface area contributed by atoms with Crippen LogP contribution in [0.5, 0.6) is 0 Å². The minimum Gasteiger partial charge on any atom is -0.350 e. The van der Waals surface area contributed by atoms with Gasteiger partial charge in [0, 0.05) is 42.2 Å². The molecule has 5 aromatic rings. The SMILES string of the molecule is Cc1nccn1CCNC(=O)c1ccc2nc(-c3ccc(F)cc3)c(-c3ccc(F)cc3)nc2c1. The van der Waals surface area contributed by atoms with Crippen LogP contribution in [0.25, 0.3) is 33.5 Å². The van der Waals surface area contributed by atoms with Crippen LogP contribution in [-0.2, 0) is 6.54 Å². The summed E-state index contributed by atoms with van der Waals surface area (Å²) in [5, 5.41) is 2.91. The van der Waals surface area contributed by atoms with Gasteiger partial charge in [0.1, 0.15) is 17.5 Å². The summed E-state index contributed by atoms with van der Waals surface area (Å²) in [6.45, 7) is 2.97. The molecule has 0 radical (unpaired) electrons. The lowest BCUT2D eigenvalue weighted by Crippen LogP contribution is -2.27. The monoisotopic (exact) mass is 469 g/mol. The van der Waals surface area contributed by atoms with E-state index in [1.807, 2.05) is 17.7 Å². The molecule has 2 heterocycles. The van der Waals surface area contributed by atoms with Gasteiger partial charge in [-0.15, -0.1) is 0 Å². The minimum absolute atomic E-state index is 0.225. The Kier molecular flexibility index (Phi) is 6.01. The molecule has 0 spiro atoms. The molecular weight excluding hydrogens is 448 g/mol. The number of hydrogen-bond donors (Lipinski definition) is 1. The van der Waals surface area contributed by atoms with E-state index < -0.39 is 0 Å². The highest BCUT2D eigenvalue weighted by Crippen LogP contribution is 2.31. The molecule has 2 aromatic heterocycles. The number of fused-ring (bicyclic) bond motifs is 1. The summed E-state index contributed by atoms with van der Waals surface area (Å²) in [5.41, 5.74) is 3.94. The fourth-order valence-corrected chi connectivity index (χ4v) is 3.85. The quantitative estimate of drug-likeness (QED) is 0.372. The van der Waals surface area contributed by atoms with Crippen LogP contribution < -0.4 is 5.32 Å². The number of rotatable bonds is 6. The van der Waals surface area contributed by atoms with Crippen LogP contribution in [0, 0.1) is 18.6 Å². The predicted molar refractivity (Wildman–Crippen MR) is 130 cm³/mol. The highest BCUT2D eigenvalue weighted by molar-refractivity contribution is 5.98. The van der Waals surface area contributed by atoms with Gasteiger partial charge in [0.05, 0.1) is 22.4 Å². The molecule has 0 aliphatic heterocycles. The van der Waals surface area contributed by atoms with Crippen LogP contribution in [0.3, 0.4) is 0 Å². The number of aromatic nitrogens is 4. The summed E-state index contributed by atoms with van der Waals surface area (Å²) in [5.74, 6) is -0.0664. The second-order valence-electron chi connectivity index (χ2n) is 8.06.